The number of carbonyl (C=O) groups excluding carboxylic acids is 1. The fraction of sp³-hybridized carbons (Fsp3) is 0.278. The monoisotopic (exact) mass is 312 g/mol. The molecule has 0 aliphatic carbocycles. The summed E-state index contributed by atoms with van der Waals surface area (Å²) in [5.74, 6) is 2.86. The van der Waals surface area contributed by atoms with Crippen LogP contribution in [-0.2, 0) is 0 Å². The zero-order valence-corrected chi connectivity index (χ0v) is 12.9. The van der Waals surface area contributed by atoms with Crippen LogP contribution >= 0.6 is 0 Å². The highest BCUT2D eigenvalue weighted by Gasteiger charge is 2.35. The zero-order chi connectivity index (χ0) is 16.0. The van der Waals surface area contributed by atoms with Crippen molar-refractivity contribution in [1.29, 1.82) is 0 Å². The topological polar surface area (TPSA) is 54.0 Å². The first-order chi connectivity index (χ1) is 11.2. The molecule has 5 heteroatoms. The molecule has 2 aromatic rings. The Morgan fingerprint density at radius 2 is 2.00 bits per heavy atom. The smallest absolute Gasteiger partial charge is 0.231 e. The van der Waals surface area contributed by atoms with E-state index in [0.717, 1.165) is 28.9 Å². The van der Waals surface area contributed by atoms with Gasteiger partial charge in [-0.25, -0.2) is 0 Å². The lowest BCUT2D eigenvalue weighted by atomic mass is 9.91. The fourth-order valence-electron chi connectivity index (χ4n) is 3.17. The van der Waals surface area contributed by atoms with Crippen LogP contribution in [0.4, 0.5) is 0 Å². The van der Waals surface area contributed by atoms with Crippen molar-refractivity contribution in [3.05, 3.63) is 47.0 Å². The molecular formula is C18H16O5. The van der Waals surface area contributed by atoms with Crippen molar-refractivity contribution in [2.45, 2.75) is 18.9 Å². The molecule has 2 aromatic carbocycles. The van der Waals surface area contributed by atoms with Crippen LogP contribution in [0.5, 0.6) is 23.0 Å². The Kier molecular flexibility index (Phi) is 3.15. The van der Waals surface area contributed by atoms with Gasteiger partial charge in [-0.15, -0.1) is 0 Å². The summed E-state index contributed by atoms with van der Waals surface area (Å²) in [6.45, 7) is 2.33. The summed E-state index contributed by atoms with van der Waals surface area (Å²) in [7, 11) is 1.58. The van der Waals surface area contributed by atoms with Crippen LogP contribution in [0.2, 0.25) is 0 Å². The second-order valence-electron chi connectivity index (χ2n) is 5.70. The minimum absolute atomic E-state index is 0.0965. The maximum atomic E-state index is 11.1. The van der Waals surface area contributed by atoms with Crippen molar-refractivity contribution in [2.75, 3.05) is 13.9 Å². The van der Waals surface area contributed by atoms with E-state index >= 15 is 0 Å². The second-order valence-corrected chi connectivity index (χ2v) is 5.70. The van der Waals surface area contributed by atoms with Crippen molar-refractivity contribution >= 4 is 6.29 Å². The van der Waals surface area contributed by atoms with Gasteiger partial charge in [-0.3, -0.25) is 4.79 Å². The van der Waals surface area contributed by atoms with Crippen molar-refractivity contribution in [3.8, 4) is 23.0 Å². The lowest BCUT2D eigenvalue weighted by Gasteiger charge is -2.16. The molecule has 2 heterocycles. The first-order valence-electron chi connectivity index (χ1n) is 7.44. The van der Waals surface area contributed by atoms with E-state index in [4.69, 9.17) is 18.9 Å². The van der Waals surface area contributed by atoms with E-state index < -0.39 is 0 Å². The molecule has 0 saturated heterocycles. The molecule has 0 saturated carbocycles. The zero-order valence-electron chi connectivity index (χ0n) is 12.9. The van der Waals surface area contributed by atoms with Crippen molar-refractivity contribution in [2.24, 2.45) is 0 Å². The number of hydrogen-bond acceptors (Lipinski definition) is 5. The summed E-state index contributed by atoms with van der Waals surface area (Å²) in [6, 6.07) is 9.38. The molecule has 0 radical (unpaired) electrons. The number of methoxy groups -OCH3 is 1. The third kappa shape index (κ3) is 2.11. The molecule has 2 aliphatic rings. The van der Waals surface area contributed by atoms with Gasteiger partial charge < -0.3 is 18.9 Å². The summed E-state index contributed by atoms with van der Waals surface area (Å²) >= 11 is 0. The number of fused-ring (bicyclic) bond motifs is 2. The molecule has 0 spiro atoms. The minimum Gasteiger partial charge on any atom is -0.493 e. The third-order valence-corrected chi connectivity index (χ3v) is 4.38. The summed E-state index contributed by atoms with van der Waals surface area (Å²) in [5.41, 5.74) is 2.57. The van der Waals surface area contributed by atoms with E-state index in [1.54, 1.807) is 13.2 Å². The Bertz CT molecular complexity index is 783. The van der Waals surface area contributed by atoms with Crippen LogP contribution in [0, 0.1) is 0 Å². The Morgan fingerprint density at radius 3 is 2.78 bits per heavy atom. The normalized spacial score (nSPS) is 20.8. The molecule has 4 rings (SSSR count). The van der Waals surface area contributed by atoms with Gasteiger partial charge in [0, 0.05) is 17.0 Å². The van der Waals surface area contributed by atoms with Gasteiger partial charge in [0.15, 0.2) is 23.0 Å². The van der Waals surface area contributed by atoms with Crippen molar-refractivity contribution in [3.63, 3.8) is 0 Å². The molecule has 23 heavy (non-hydrogen) atoms. The van der Waals surface area contributed by atoms with E-state index in [-0.39, 0.29) is 18.8 Å². The van der Waals surface area contributed by atoms with Gasteiger partial charge in [0.05, 0.1) is 7.11 Å². The molecule has 0 fully saturated rings. The summed E-state index contributed by atoms with van der Waals surface area (Å²) in [6.07, 6.45) is 0.666. The molecule has 0 bridgehead atoms. The quantitative estimate of drug-likeness (QED) is 0.812. The molecule has 2 aliphatic heterocycles. The van der Waals surface area contributed by atoms with Gasteiger partial charge in [-0.05, 0) is 29.8 Å². The summed E-state index contributed by atoms with van der Waals surface area (Å²) in [5, 5.41) is 0. The second kappa shape index (κ2) is 5.19. The highest BCUT2D eigenvalue weighted by Crippen LogP contribution is 2.51. The van der Waals surface area contributed by atoms with Crippen LogP contribution in [0.3, 0.4) is 0 Å². The van der Waals surface area contributed by atoms with Crippen LogP contribution in [-0.4, -0.2) is 20.2 Å². The van der Waals surface area contributed by atoms with Crippen LogP contribution in [0.1, 0.15) is 40.4 Å². The summed E-state index contributed by atoms with van der Waals surface area (Å²) in [4.78, 5) is 11.1. The number of rotatable bonds is 3. The SMILES string of the molecule is COc1cc(C=O)cc2c1O[C@@H](c1ccc3c(c1)OCO3)[C@@H]2C. The number of ether oxygens (including phenoxy) is 4. The molecule has 118 valence electrons. The largest absolute Gasteiger partial charge is 0.493 e. The standard InChI is InChI=1S/C18H16O5/c1-10-13-5-11(8-19)6-16(20-2)18(13)23-17(10)12-3-4-14-15(7-12)22-9-21-14/h3-8,10,17H,9H2,1-2H3/t10-,17-/m1/s1. The Hall–Kier alpha value is -2.69. The first kappa shape index (κ1) is 13.9. The molecule has 0 N–H and O–H groups in total. The van der Waals surface area contributed by atoms with Crippen LogP contribution in [0.25, 0.3) is 0 Å². The van der Waals surface area contributed by atoms with Gasteiger partial charge in [0.2, 0.25) is 6.79 Å². The van der Waals surface area contributed by atoms with Crippen LogP contribution in [0.15, 0.2) is 30.3 Å². The number of carbonyl (C=O) groups is 1. The highest BCUT2D eigenvalue weighted by atomic mass is 16.7. The molecule has 0 amide bonds. The highest BCUT2D eigenvalue weighted by molar-refractivity contribution is 5.78. The first-order valence-corrected chi connectivity index (χ1v) is 7.44. The number of hydrogen-bond donors (Lipinski definition) is 0. The molecule has 0 unspecified atom stereocenters. The number of aldehydes is 1. The maximum Gasteiger partial charge on any atom is 0.231 e. The van der Waals surface area contributed by atoms with E-state index in [9.17, 15) is 4.79 Å². The van der Waals surface area contributed by atoms with E-state index in [1.165, 1.54) is 0 Å². The number of benzene rings is 2. The van der Waals surface area contributed by atoms with Gasteiger partial charge in [0.25, 0.3) is 0 Å². The van der Waals surface area contributed by atoms with Gasteiger partial charge in [-0.1, -0.05) is 13.0 Å². The van der Waals surface area contributed by atoms with E-state index in [2.05, 4.69) is 6.92 Å². The predicted octanol–water partition coefficient (Wildman–Crippen LogP) is 3.47. The van der Waals surface area contributed by atoms with Gasteiger partial charge >= 0.3 is 0 Å². The van der Waals surface area contributed by atoms with E-state index in [0.29, 0.717) is 17.1 Å². The Balaban J connectivity index is 1.74. The van der Waals surface area contributed by atoms with Crippen molar-refractivity contribution < 1.29 is 23.7 Å². The third-order valence-electron chi connectivity index (χ3n) is 4.38. The van der Waals surface area contributed by atoms with E-state index in [1.807, 2.05) is 24.3 Å². The molecule has 5 nitrogen and oxygen atoms in total. The predicted molar refractivity (Wildman–Crippen MR) is 82.7 cm³/mol. The average molecular weight is 312 g/mol. The van der Waals surface area contributed by atoms with Gasteiger partial charge in [-0.2, -0.15) is 0 Å². The fourth-order valence-corrected chi connectivity index (χ4v) is 3.17. The maximum absolute atomic E-state index is 11.1. The summed E-state index contributed by atoms with van der Waals surface area (Å²) < 4.78 is 22.3. The van der Waals surface area contributed by atoms with Gasteiger partial charge in [0.1, 0.15) is 12.4 Å². The minimum atomic E-state index is -0.157. The Labute approximate surface area is 133 Å². The molecule has 0 aromatic heterocycles. The lowest BCUT2D eigenvalue weighted by molar-refractivity contribution is 0.112. The van der Waals surface area contributed by atoms with Crippen molar-refractivity contribution in [1.82, 2.24) is 0 Å². The lowest BCUT2D eigenvalue weighted by Crippen LogP contribution is -2.07. The molecule has 2 atom stereocenters. The Morgan fingerprint density at radius 1 is 1.17 bits per heavy atom. The van der Waals surface area contributed by atoms with Crippen LogP contribution < -0.4 is 18.9 Å². The average Bonchev–Trinajstić information content (AvgIpc) is 3.18. The molecular weight excluding hydrogens is 296 g/mol.